The van der Waals surface area contributed by atoms with Crippen LogP contribution in [0.4, 0.5) is 9.93 Å². The molecule has 2 N–H and O–H groups in total. The molecule has 1 unspecified atom stereocenters. The number of benzene rings is 7. The molecule has 2 aliphatic heterocycles. The molecule has 1 fully saturated rings. The molecule has 7 aromatic carbocycles. The summed E-state index contributed by atoms with van der Waals surface area (Å²) in [4.78, 5) is 76.2. The molecule has 8 aromatic rings. The molecule has 1 saturated heterocycles. The van der Waals surface area contributed by atoms with Gasteiger partial charge in [-0.05, 0) is 44.0 Å². The van der Waals surface area contributed by atoms with Crippen LogP contribution in [0, 0.1) is 0 Å². The number of nitrogens with one attached hydrogen (secondary N) is 2. The van der Waals surface area contributed by atoms with Gasteiger partial charge in [0.2, 0.25) is 11.2 Å². The summed E-state index contributed by atoms with van der Waals surface area (Å²) in [6.07, 6.45) is 0.391. The molecule has 2 atom stereocenters. The zero-order valence-corrected chi connectivity index (χ0v) is 49.7. The summed E-state index contributed by atoms with van der Waals surface area (Å²) in [6, 6.07) is 62.1. The van der Waals surface area contributed by atoms with Crippen molar-refractivity contribution in [3.63, 3.8) is 0 Å². The number of β-lactam (4-membered cyclic amide) rings is 1. The molecule has 0 aliphatic carbocycles. The molecule has 17 nitrogen and oxygen atoms in total. The Morgan fingerprint density at radius 1 is 0.686 bits per heavy atom. The Morgan fingerprint density at radius 2 is 1.16 bits per heavy atom. The van der Waals surface area contributed by atoms with Gasteiger partial charge >= 0.3 is 12.1 Å². The lowest BCUT2D eigenvalue weighted by atomic mass is 9.80. The van der Waals surface area contributed by atoms with Crippen LogP contribution >= 0.6 is 23.1 Å². The second-order valence-corrected chi connectivity index (χ2v) is 25.0. The predicted molar refractivity (Wildman–Crippen MR) is 331 cm³/mol. The van der Waals surface area contributed by atoms with Crippen LogP contribution in [0.2, 0.25) is 0 Å². The molecule has 438 valence electrons. The number of esters is 1. The largest absolute Gasteiger partial charge is 0.497 e. The molecule has 10 rings (SSSR count). The number of ether oxygens (including phenoxy) is 3. The van der Waals surface area contributed by atoms with E-state index in [4.69, 9.17) is 23.9 Å². The van der Waals surface area contributed by atoms with Crippen LogP contribution in [0.15, 0.2) is 233 Å². The van der Waals surface area contributed by atoms with Crippen LogP contribution in [0.5, 0.6) is 5.75 Å². The summed E-state index contributed by atoms with van der Waals surface area (Å²) in [5, 5.41) is 15.1. The first kappa shape index (κ1) is 59.8. The van der Waals surface area contributed by atoms with E-state index < -0.39 is 73.4 Å². The molecule has 3 heterocycles. The minimum Gasteiger partial charge on any atom is -0.497 e. The summed E-state index contributed by atoms with van der Waals surface area (Å²) in [5.41, 5.74) is 0.762. The lowest BCUT2D eigenvalue weighted by Gasteiger charge is -2.49. The third-order valence-electron chi connectivity index (χ3n) is 14.0. The lowest BCUT2D eigenvalue weighted by Crippen LogP contribution is -2.71. The number of fused-ring (bicyclic) bond motifs is 1. The van der Waals surface area contributed by atoms with Crippen molar-refractivity contribution in [3.8, 4) is 5.75 Å². The number of rotatable bonds is 22. The van der Waals surface area contributed by atoms with Crippen LogP contribution in [0.1, 0.15) is 65.4 Å². The first-order valence-electron chi connectivity index (χ1n) is 27.3. The number of carbonyl (C=O) groups excluding carboxylic acids is 4. The fourth-order valence-electron chi connectivity index (χ4n) is 10.0. The van der Waals surface area contributed by atoms with Gasteiger partial charge in [0, 0.05) is 44.5 Å². The number of nitrogens with zero attached hydrogens (tertiary/aromatic N) is 4. The number of sulfone groups is 1. The first-order chi connectivity index (χ1) is 41.6. The van der Waals surface area contributed by atoms with Gasteiger partial charge in [0.1, 0.15) is 40.8 Å². The maximum absolute atomic E-state index is 15.1. The Labute approximate surface area is 506 Å². The molecule has 20 heteroatoms. The zero-order valence-electron chi connectivity index (χ0n) is 47.3. The Morgan fingerprint density at radius 3 is 1.63 bits per heavy atom. The average molecular weight is 1210 g/mol. The van der Waals surface area contributed by atoms with Gasteiger partial charge in [-0.3, -0.25) is 19.8 Å². The highest BCUT2D eigenvalue weighted by Crippen LogP contribution is 2.44. The maximum Gasteiger partial charge on any atom is 0.413 e. The Kier molecular flexibility index (Phi) is 18.3. The van der Waals surface area contributed by atoms with E-state index in [0.29, 0.717) is 28.0 Å². The average Bonchev–Trinajstić information content (AvgIpc) is 0.920. The monoisotopic (exact) mass is 1210 g/mol. The molecule has 86 heavy (non-hydrogen) atoms. The SMILES string of the molecule is COc1ccc(COC(=O)C2=C(CS(=O)(=O)CC=NOC(c3ccccc3)(c3ccccc3)c3ccccc3)CS[C@@H]3C(NC(=O)/C(=N\OC(c4ccccc4)(c4ccccc4)c4ccccc4)c4csc(NC(=O)OC(C)(C)C)n4)C(=O)N23)cc1. The van der Waals surface area contributed by atoms with Crippen molar-refractivity contribution in [3.05, 3.63) is 268 Å². The smallest absolute Gasteiger partial charge is 0.413 e. The van der Waals surface area contributed by atoms with Crippen molar-refractivity contribution in [1.82, 2.24) is 15.2 Å². The van der Waals surface area contributed by atoms with E-state index >= 15 is 4.79 Å². The van der Waals surface area contributed by atoms with E-state index in [1.54, 1.807) is 45.0 Å². The van der Waals surface area contributed by atoms with Crippen molar-refractivity contribution in [2.24, 2.45) is 10.3 Å². The number of methoxy groups -OCH3 is 1. The van der Waals surface area contributed by atoms with Gasteiger partial charge in [0.15, 0.2) is 20.7 Å². The van der Waals surface area contributed by atoms with Crippen LogP contribution in [-0.2, 0) is 61.2 Å². The molecule has 0 saturated carbocycles. The molecular weight excluding hydrogens is 1150 g/mol. The summed E-state index contributed by atoms with van der Waals surface area (Å²) >= 11 is 2.15. The number of oxime groups is 2. The lowest BCUT2D eigenvalue weighted by molar-refractivity contribution is -0.153. The van der Waals surface area contributed by atoms with Crippen molar-refractivity contribution in [1.29, 1.82) is 0 Å². The molecule has 0 radical (unpaired) electrons. The Balaban J connectivity index is 0.958. The van der Waals surface area contributed by atoms with Crippen molar-refractivity contribution >= 4 is 73.9 Å². The topological polar surface area (TPSA) is 213 Å². The Bertz CT molecular complexity index is 3690. The third-order valence-corrected chi connectivity index (χ3v) is 17.5. The number of aromatic nitrogens is 1. The normalized spacial score (nSPS) is 15.5. The van der Waals surface area contributed by atoms with Gasteiger partial charge in [-0.2, -0.15) is 0 Å². The molecule has 3 amide bonds. The summed E-state index contributed by atoms with van der Waals surface area (Å²) in [6.45, 7) is 4.92. The minimum absolute atomic E-state index is 0.0171. The molecular formula is C66H60N6O11S3. The minimum atomic E-state index is -4.14. The summed E-state index contributed by atoms with van der Waals surface area (Å²) < 4.78 is 45.2. The van der Waals surface area contributed by atoms with Crippen molar-refractivity contribution in [2.45, 2.75) is 55.6 Å². The Hall–Kier alpha value is -9.37. The fraction of sp³-hybridized carbons (Fsp3) is 0.197. The van der Waals surface area contributed by atoms with Crippen LogP contribution < -0.4 is 15.4 Å². The number of amides is 3. The van der Waals surface area contributed by atoms with E-state index in [2.05, 4.69) is 25.9 Å². The number of hydrogen-bond donors (Lipinski definition) is 2. The molecule has 2 aliphatic rings. The van der Waals surface area contributed by atoms with E-state index in [1.165, 1.54) is 18.7 Å². The third kappa shape index (κ3) is 13.3. The van der Waals surface area contributed by atoms with Gasteiger partial charge in [-0.1, -0.05) is 204 Å². The van der Waals surface area contributed by atoms with Crippen molar-refractivity contribution < 1.29 is 51.5 Å². The van der Waals surface area contributed by atoms with Gasteiger partial charge in [-0.25, -0.2) is 23.0 Å². The summed E-state index contributed by atoms with van der Waals surface area (Å²) in [7, 11) is -2.61. The van der Waals surface area contributed by atoms with Gasteiger partial charge in [0.05, 0.1) is 24.8 Å². The standard InChI is InChI=1S/C66H60N6O11S3/c1-64(2,3)81-63(76)70-62-68-54(43-85-62)55(71-83-66(50-29-17-8-18-30-50,51-31-19-9-20-32-51)52-33-21-10-22-34-52)58(73)69-56-59(74)72-57(61(75)80-41-45-35-37-53(79-4)38-36-45)46(42-84-60(56)72)44-86(77,78)40-39-67-82-65(47-23-11-5-12-24-47,48-25-13-6-14-26-48)49-27-15-7-16-28-49/h5-39,43,56,60H,40-42,44H2,1-4H3,(H,69,73)(H,68,70,76)/b67-39?,71-55-/t56?,60-/m1/s1. The highest BCUT2D eigenvalue weighted by Gasteiger charge is 2.55. The quantitative estimate of drug-likeness (QED) is 0.0213. The molecule has 1 aromatic heterocycles. The second-order valence-electron chi connectivity index (χ2n) is 20.9. The number of carbonyl (C=O) groups is 4. The van der Waals surface area contributed by atoms with E-state index in [-0.39, 0.29) is 40.2 Å². The fourth-order valence-corrected chi connectivity index (χ4v) is 13.4. The van der Waals surface area contributed by atoms with Gasteiger partial charge in [-0.15, -0.1) is 23.1 Å². The maximum atomic E-state index is 15.1. The predicted octanol–water partition coefficient (Wildman–Crippen LogP) is 11.0. The van der Waals surface area contributed by atoms with E-state index in [1.807, 2.05) is 182 Å². The number of thiazole rings is 1. The zero-order chi connectivity index (χ0) is 60.3. The van der Waals surface area contributed by atoms with Crippen molar-refractivity contribution in [2.75, 3.05) is 29.7 Å². The van der Waals surface area contributed by atoms with Gasteiger partial charge in [0.25, 0.3) is 11.8 Å². The van der Waals surface area contributed by atoms with Crippen LogP contribution in [0.3, 0.4) is 0 Å². The van der Waals surface area contributed by atoms with Gasteiger partial charge < -0.3 is 29.2 Å². The highest BCUT2D eigenvalue weighted by molar-refractivity contribution is 8.00. The number of hydrogen-bond acceptors (Lipinski definition) is 16. The van der Waals surface area contributed by atoms with Crippen LogP contribution in [-0.4, -0.2) is 95.5 Å². The summed E-state index contributed by atoms with van der Waals surface area (Å²) in [5.74, 6) is -3.30. The first-order valence-corrected chi connectivity index (χ1v) is 31.1. The molecule has 0 spiro atoms. The van der Waals surface area contributed by atoms with Crippen LogP contribution in [0.25, 0.3) is 0 Å². The van der Waals surface area contributed by atoms with E-state index in [9.17, 15) is 22.8 Å². The second kappa shape index (κ2) is 26.3. The molecule has 0 bridgehead atoms. The number of thioether (sulfide) groups is 1. The number of anilines is 1. The van der Waals surface area contributed by atoms with E-state index in [0.717, 1.165) is 44.7 Å². The highest BCUT2D eigenvalue weighted by atomic mass is 32.2.